The van der Waals surface area contributed by atoms with E-state index in [0.29, 0.717) is 10.0 Å². The summed E-state index contributed by atoms with van der Waals surface area (Å²) in [5.41, 5.74) is 1.55. The second kappa shape index (κ2) is 5.34. The number of rotatable bonds is 2. The molecule has 0 amide bonds. The van der Waals surface area contributed by atoms with Crippen LogP contribution < -0.4 is 0 Å². The van der Waals surface area contributed by atoms with Crippen LogP contribution in [0.25, 0.3) is 12.2 Å². The van der Waals surface area contributed by atoms with Gasteiger partial charge in [0.1, 0.15) is 11.5 Å². The minimum Gasteiger partial charge on any atom is -0.508 e. The molecule has 0 aliphatic heterocycles. The monoisotopic (exact) mass is 280 g/mol. The number of benzene rings is 2. The standard InChI is InChI=1S/C14H10Cl2O2/c15-13-7-11(17)5-3-9(13)1-2-10-4-6-12(18)8-14(10)16/h1-8,17-18H/b2-1+. The minimum atomic E-state index is 0.125. The summed E-state index contributed by atoms with van der Waals surface area (Å²) in [4.78, 5) is 0. The second-order valence-electron chi connectivity index (χ2n) is 3.74. The SMILES string of the molecule is Oc1ccc(/C=C/c2ccc(O)cc2Cl)c(Cl)c1. The van der Waals surface area contributed by atoms with Crippen LogP contribution in [0, 0.1) is 0 Å². The molecule has 0 atom stereocenters. The lowest BCUT2D eigenvalue weighted by Crippen LogP contribution is -1.77. The summed E-state index contributed by atoms with van der Waals surface area (Å²) >= 11 is 12.0. The van der Waals surface area contributed by atoms with Crippen molar-refractivity contribution < 1.29 is 10.2 Å². The topological polar surface area (TPSA) is 40.5 Å². The Balaban J connectivity index is 2.30. The number of halogens is 2. The molecule has 92 valence electrons. The molecule has 0 saturated heterocycles. The molecule has 0 bridgehead atoms. The summed E-state index contributed by atoms with van der Waals surface area (Å²) in [6.07, 6.45) is 3.58. The average molecular weight is 281 g/mol. The first-order chi connectivity index (χ1) is 8.56. The van der Waals surface area contributed by atoms with E-state index in [4.69, 9.17) is 23.2 Å². The van der Waals surface area contributed by atoms with E-state index >= 15 is 0 Å². The van der Waals surface area contributed by atoms with Gasteiger partial charge in [0.2, 0.25) is 0 Å². The molecule has 2 aromatic carbocycles. The van der Waals surface area contributed by atoms with Gasteiger partial charge in [-0.15, -0.1) is 0 Å². The normalized spacial score (nSPS) is 11.0. The van der Waals surface area contributed by atoms with Gasteiger partial charge >= 0.3 is 0 Å². The van der Waals surface area contributed by atoms with E-state index in [9.17, 15) is 10.2 Å². The van der Waals surface area contributed by atoms with E-state index in [0.717, 1.165) is 11.1 Å². The van der Waals surface area contributed by atoms with Crippen molar-refractivity contribution in [2.75, 3.05) is 0 Å². The Labute approximate surface area is 115 Å². The molecule has 2 nitrogen and oxygen atoms in total. The summed E-state index contributed by atoms with van der Waals surface area (Å²) in [6, 6.07) is 9.48. The maximum atomic E-state index is 9.24. The van der Waals surface area contributed by atoms with E-state index in [2.05, 4.69) is 0 Å². The van der Waals surface area contributed by atoms with Crippen LogP contribution in [0.2, 0.25) is 10.0 Å². The molecule has 0 unspecified atom stereocenters. The Hall–Kier alpha value is -1.64. The summed E-state index contributed by atoms with van der Waals surface area (Å²) < 4.78 is 0. The highest BCUT2D eigenvalue weighted by Crippen LogP contribution is 2.26. The van der Waals surface area contributed by atoms with Gasteiger partial charge in [0.05, 0.1) is 10.0 Å². The van der Waals surface area contributed by atoms with E-state index in [1.54, 1.807) is 36.4 Å². The number of phenols is 2. The molecule has 0 saturated carbocycles. The quantitative estimate of drug-likeness (QED) is 0.791. The first-order valence-electron chi connectivity index (χ1n) is 5.21. The number of phenolic OH excluding ortho intramolecular Hbond substituents is 2. The van der Waals surface area contributed by atoms with Crippen molar-refractivity contribution in [3.63, 3.8) is 0 Å². The van der Waals surface area contributed by atoms with Crippen molar-refractivity contribution >= 4 is 35.4 Å². The molecule has 18 heavy (non-hydrogen) atoms. The zero-order valence-corrected chi connectivity index (χ0v) is 10.8. The van der Waals surface area contributed by atoms with Crippen LogP contribution in [0.15, 0.2) is 36.4 Å². The van der Waals surface area contributed by atoms with Crippen LogP contribution in [-0.2, 0) is 0 Å². The molecular formula is C14H10Cl2O2. The van der Waals surface area contributed by atoms with Gasteiger partial charge in [-0.2, -0.15) is 0 Å². The third kappa shape index (κ3) is 2.97. The third-order valence-corrected chi connectivity index (χ3v) is 3.07. The van der Waals surface area contributed by atoms with Gasteiger partial charge in [0, 0.05) is 0 Å². The lowest BCUT2D eigenvalue weighted by atomic mass is 10.1. The number of aromatic hydroxyl groups is 2. The van der Waals surface area contributed by atoms with Crippen LogP contribution in [0.4, 0.5) is 0 Å². The molecule has 0 aromatic heterocycles. The zero-order chi connectivity index (χ0) is 13.1. The van der Waals surface area contributed by atoms with Gasteiger partial charge in [0.25, 0.3) is 0 Å². The first kappa shape index (κ1) is 12.8. The van der Waals surface area contributed by atoms with E-state index in [1.165, 1.54) is 12.1 Å². The molecule has 4 heteroatoms. The van der Waals surface area contributed by atoms with Crippen molar-refractivity contribution in [3.8, 4) is 11.5 Å². The minimum absolute atomic E-state index is 0.125. The van der Waals surface area contributed by atoms with E-state index in [1.807, 2.05) is 0 Å². The Kier molecular flexibility index (Phi) is 3.80. The van der Waals surface area contributed by atoms with Gasteiger partial charge < -0.3 is 10.2 Å². The van der Waals surface area contributed by atoms with Crippen molar-refractivity contribution in [1.82, 2.24) is 0 Å². The Morgan fingerprint density at radius 3 is 1.44 bits per heavy atom. The Bertz CT molecular complexity index is 553. The molecular weight excluding hydrogens is 271 g/mol. The van der Waals surface area contributed by atoms with Gasteiger partial charge in [-0.25, -0.2) is 0 Å². The lowest BCUT2D eigenvalue weighted by molar-refractivity contribution is 0.475. The molecule has 0 spiro atoms. The first-order valence-corrected chi connectivity index (χ1v) is 5.97. The fraction of sp³-hybridized carbons (Fsp3) is 0. The fourth-order valence-electron chi connectivity index (χ4n) is 1.48. The summed E-state index contributed by atoms with van der Waals surface area (Å²) in [5.74, 6) is 0.250. The number of hydrogen-bond donors (Lipinski definition) is 2. The molecule has 2 rings (SSSR count). The number of hydrogen-bond acceptors (Lipinski definition) is 2. The molecule has 2 N–H and O–H groups in total. The predicted molar refractivity (Wildman–Crippen MR) is 75.2 cm³/mol. The highest BCUT2D eigenvalue weighted by molar-refractivity contribution is 6.33. The Morgan fingerprint density at radius 2 is 1.11 bits per heavy atom. The van der Waals surface area contributed by atoms with Crippen LogP contribution >= 0.6 is 23.2 Å². The molecule has 2 aromatic rings. The lowest BCUT2D eigenvalue weighted by Gasteiger charge is -2.01. The van der Waals surface area contributed by atoms with Gasteiger partial charge in [0.15, 0.2) is 0 Å². The largest absolute Gasteiger partial charge is 0.508 e. The fourth-order valence-corrected chi connectivity index (χ4v) is 1.96. The van der Waals surface area contributed by atoms with Gasteiger partial charge in [-0.3, -0.25) is 0 Å². The Morgan fingerprint density at radius 1 is 0.722 bits per heavy atom. The second-order valence-corrected chi connectivity index (χ2v) is 4.56. The van der Waals surface area contributed by atoms with Crippen LogP contribution in [0.5, 0.6) is 11.5 Å². The highest BCUT2D eigenvalue weighted by Gasteiger charge is 2.00. The van der Waals surface area contributed by atoms with Crippen molar-refractivity contribution in [2.45, 2.75) is 0 Å². The highest BCUT2D eigenvalue weighted by atomic mass is 35.5. The maximum absolute atomic E-state index is 9.24. The summed E-state index contributed by atoms with van der Waals surface area (Å²) in [6.45, 7) is 0. The van der Waals surface area contributed by atoms with Crippen molar-refractivity contribution in [1.29, 1.82) is 0 Å². The van der Waals surface area contributed by atoms with Crippen LogP contribution in [0.1, 0.15) is 11.1 Å². The summed E-state index contributed by atoms with van der Waals surface area (Å²) in [5, 5.41) is 19.4. The maximum Gasteiger partial charge on any atom is 0.117 e. The van der Waals surface area contributed by atoms with Crippen LogP contribution in [-0.4, -0.2) is 10.2 Å². The molecule has 0 fully saturated rings. The molecule has 0 heterocycles. The smallest absolute Gasteiger partial charge is 0.117 e. The van der Waals surface area contributed by atoms with Crippen molar-refractivity contribution in [3.05, 3.63) is 57.6 Å². The van der Waals surface area contributed by atoms with E-state index in [-0.39, 0.29) is 11.5 Å². The van der Waals surface area contributed by atoms with Crippen molar-refractivity contribution in [2.24, 2.45) is 0 Å². The molecule has 0 aliphatic rings. The third-order valence-electron chi connectivity index (χ3n) is 2.41. The predicted octanol–water partition coefficient (Wildman–Crippen LogP) is 4.58. The van der Waals surface area contributed by atoms with E-state index < -0.39 is 0 Å². The van der Waals surface area contributed by atoms with Gasteiger partial charge in [-0.1, -0.05) is 35.4 Å². The van der Waals surface area contributed by atoms with Gasteiger partial charge in [-0.05, 0) is 47.5 Å². The zero-order valence-electron chi connectivity index (χ0n) is 9.27. The average Bonchev–Trinajstić information content (AvgIpc) is 2.30. The molecule has 0 radical (unpaired) electrons. The summed E-state index contributed by atoms with van der Waals surface area (Å²) in [7, 11) is 0. The molecule has 0 aliphatic carbocycles. The van der Waals surface area contributed by atoms with Crippen LogP contribution in [0.3, 0.4) is 0 Å².